The highest BCUT2D eigenvalue weighted by atomic mass is 19.1. The number of allylic oxidation sites excluding steroid dienone is 1. The fourth-order valence-corrected chi connectivity index (χ4v) is 6.05. The summed E-state index contributed by atoms with van der Waals surface area (Å²) in [7, 11) is 3.06. The lowest BCUT2D eigenvalue weighted by Gasteiger charge is -2.18. The molecule has 2 unspecified atom stereocenters. The fourth-order valence-electron chi connectivity index (χ4n) is 6.05. The monoisotopic (exact) mass is 581 g/mol. The molecule has 4 aromatic rings. The second-order valence-corrected chi connectivity index (χ2v) is 10.9. The number of carbonyl (C=O) groups excluding carboxylic acids is 1. The summed E-state index contributed by atoms with van der Waals surface area (Å²) in [6.07, 6.45) is 3.25. The molecule has 2 aliphatic rings. The predicted octanol–water partition coefficient (Wildman–Crippen LogP) is 4.99. The predicted molar refractivity (Wildman–Crippen MR) is 157 cm³/mol. The molecule has 1 fully saturated rings. The average molecular weight is 582 g/mol. The van der Waals surface area contributed by atoms with E-state index in [-0.39, 0.29) is 18.1 Å². The van der Waals surface area contributed by atoms with E-state index in [1.807, 2.05) is 30.3 Å². The molecule has 0 radical (unpaired) electrons. The minimum absolute atomic E-state index is 0.0341. The van der Waals surface area contributed by atoms with Crippen LogP contribution in [0.15, 0.2) is 60.7 Å². The summed E-state index contributed by atoms with van der Waals surface area (Å²) in [5.41, 5.74) is 4.96. The van der Waals surface area contributed by atoms with Gasteiger partial charge in [-0.05, 0) is 60.2 Å². The van der Waals surface area contributed by atoms with Crippen LogP contribution in [0.1, 0.15) is 39.4 Å². The highest BCUT2D eigenvalue weighted by Crippen LogP contribution is 2.41. The number of aromatic nitrogens is 3. The number of nitrogens with zero attached hydrogens (tertiary/aromatic N) is 5. The number of hydrogen-bond donors (Lipinski definition) is 0. The molecule has 2 aromatic heterocycles. The van der Waals surface area contributed by atoms with Crippen molar-refractivity contribution in [3.8, 4) is 11.9 Å². The first kappa shape index (κ1) is 28.5. The van der Waals surface area contributed by atoms with E-state index in [1.165, 1.54) is 18.7 Å². The third-order valence-corrected chi connectivity index (χ3v) is 8.21. The molecule has 1 saturated heterocycles. The van der Waals surface area contributed by atoms with Crippen LogP contribution >= 0.6 is 0 Å². The van der Waals surface area contributed by atoms with Gasteiger partial charge in [-0.25, -0.2) is 19.2 Å². The Hall–Kier alpha value is -4.59. The molecule has 0 saturated carbocycles. The van der Waals surface area contributed by atoms with Gasteiger partial charge in [0.05, 0.1) is 54.2 Å². The van der Waals surface area contributed by atoms with Gasteiger partial charge in [0, 0.05) is 38.4 Å². The average Bonchev–Trinajstić information content (AvgIpc) is 3.70. The first-order chi connectivity index (χ1) is 20.9. The van der Waals surface area contributed by atoms with Crippen molar-refractivity contribution in [3.05, 3.63) is 94.7 Å². The number of rotatable bonds is 10. The van der Waals surface area contributed by atoms with Crippen LogP contribution in [0, 0.1) is 29.0 Å². The van der Waals surface area contributed by atoms with Crippen LogP contribution in [0.25, 0.3) is 16.6 Å². The zero-order valence-corrected chi connectivity index (χ0v) is 24.1. The van der Waals surface area contributed by atoms with E-state index >= 15 is 0 Å². The molecule has 0 spiro atoms. The first-order valence-electron chi connectivity index (χ1n) is 14.2. The molecule has 43 heavy (non-hydrogen) atoms. The van der Waals surface area contributed by atoms with Crippen LogP contribution < -0.4 is 4.74 Å². The first-order valence-corrected chi connectivity index (χ1v) is 14.2. The summed E-state index contributed by atoms with van der Waals surface area (Å²) in [4.78, 5) is 24.2. The zero-order valence-electron chi connectivity index (χ0n) is 24.1. The maximum absolute atomic E-state index is 14.3. The van der Waals surface area contributed by atoms with Gasteiger partial charge in [-0.1, -0.05) is 18.2 Å². The van der Waals surface area contributed by atoms with Gasteiger partial charge < -0.3 is 18.8 Å². The topological polar surface area (TPSA) is 103 Å². The summed E-state index contributed by atoms with van der Waals surface area (Å²) < 4.78 is 32.5. The molecule has 3 heterocycles. The van der Waals surface area contributed by atoms with E-state index in [2.05, 4.69) is 15.5 Å². The molecule has 0 bridgehead atoms. The Bertz CT molecular complexity index is 1740. The standard InChI is InChI=1S/C33H32FN5O4/c1-41-11-10-39-30-15-22(33(40)42-2)8-9-29(30)36-31(39)19-38-17-25-13-24(14-26(25)18-38)28-4-3-5-32(37-28)43-20-23-7-6-21(16-35)12-27(23)34/h3-9,12-13,15,25-26H,10-11,14,17-20H2,1-2H3. The number of pyridine rings is 1. The van der Waals surface area contributed by atoms with Crippen molar-refractivity contribution in [1.82, 2.24) is 19.4 Å². The van der Waals surface area contributed by atoms with Gasteiger partial charge in [-0.15, -0.1) is 0 Å². The summed E-state index contributed by atoms with van der Waals surface area (Å²) in [6, 6.07) is 17.4. The van der Waals surface area contributed by atoms with Crippen molar-refractivity contribution < 1.29 is 23.4 Å². The Labute approximate surface area is 249 Å². The molecule has 6 rings (SSSR count). The number of carbonyl (C=O) groups is 1. The Morgan fingerprint density at radius 2 is 2.00 bits per heavy atom. The maximum Gasteiger partial charge on any atom is 0.337 e. The van der Waals surface area contributed by atoms with Gasteiger partial charge in [0.1, 0.15) is 18.2 Å². The van der Waals surface area contributed by atoms with Crippen molar-refractivity contribution in [2.24, 2.45) is 11.8 Å². The Kier molecular flexibility index (Phi) is 8.18. The molecule has 0 amide bonds. The number of hydrogen-bond acceptors (Lipinski definition) is 8. The van der Waals surface area contributed by atoms with Gasteiger partial charge in [0.15, 0.2) is 0 Å². The van der Waals surface area contributed by atoms with Gasteiger partial charge in [-0.3, -0.25) is 4.90 Å². The quantitative estimate of drug-likeness (QED) is 0.242. The van der Waals surface area contributed by atoms with E-state index in [0.29, 0.717) is 48.5 Å². The molecular weight excluding hydrogens is 549 g/mol. The molecule has 0 N–H and O–H groups in total. The van der Waals surface area contributed by atoms with Gasteiger partial charge >= 0.3 is 5.97 Å². The molecule has 2 aromatic carbocycles. The number of imidazole rings is 1. The van der Waals surface area contributed by atoms with Gasteiger partial charge in [0.2, 0.25) is 5.88 Å². The Balaban J connectivity index is 1.13. The Morgan fingerprint density at radius 3 is 2.77 bits per heavy atom. The van der Waals surface area contributed by atoms with Crippen LogP contribution in [0.3, 0.4) is 0 Å². The summed E-state index contributed by atoms with van der Waals surface area (Å²) in [6.45, 7) is 3.78. The minimum atomic E-state index is -0.466. The van der Waals surface area contributed by atoms with Crippen LogP contribution in [-0.4, -0.2) is 59.3 Å². The van der Waals surface area contributed by atoms with E-state index < -0.39 is 5.82 Å². The third-order valence-electron chi connectivity index (χ3n) is 8.21. The smallest absolute Gasteiger partial charge is 0.337 e. The molecular formula is C33H32FN5O4. The fraction of sp³-hybridized carbons (Fsp3) is 0.333. The molecule has 1 aliphatic heterocycles. The number of ether oxygens (including phenoxy) is 3. The van der Waals surface area contributed by atoms with Gasteiger partial charge in [0.25, 0.3) is 0 Å². The summed E-state index contributed by atoms with van der Waals surface area (Å²) in [5, 5.41) is 8.95. The second kappa shape index (κ2) is 12.3. The number of methoxy groups -OCH3 is 2. The normalized spacial score (nSPS) is 18.0. The number of benzene rings is 2. The number of fused-ring (bicyclic) bond motifs is 2. The molecule has 1 aliphatic carbocycles. The van der Waals surface area contributed by atoms with Crippen molar-refractivity contribution in [2.45, 2.75) is 26.1 Å². The van der Waals surface area contributed by atoms with E-state index in [0.717, 1.165) is 42.1 Å². The number of esters is 1. The molecule has 220 valence electrons. The van der Waals surface area contributed by atoms with E-state index in [1.54, 1.807) is 31.4 Å². The molecule has 9 nitrogen and oxygen atoms in total. The Morgan fingerprint density at radius 1 is 1.12 bits per heavy atom. The number of halogens is 1. The van der Waals surface area contributed by atoms with E-state index in [4.69, 9.17) is 29.4 Å². The summed E-state index contributed by atoms with van der Waals surface area (Å²) >= 11 is 0. The maximum atomic E-state index is 14.3. The zero-order chi connectivity index (χ0) is 29.9. The highest BCUT2D eigenvalue weighted by molar-refractivity contribution is 5.93. The van der Waals surface area contributed by atoms with Crippen molar-refractivity contribution in [1.29, 1.82) is 5.26 Å². The lowest BCUT2D eigenvalue weighted by atomic mass is 9.99. The number of nitriles is 1. The molecule has 10 heteroatoms. The molecule has 2 atom stereocenters. The van der Waals surface area contributed by atoms with Crippen molar-refractivity contribution >= 4 is 22.6 Å². The largest absolute Gasteiger partial charge is 0.473 e. The van der Waals surface area contributed by atoms with Gasteiger partial charge in [-0.2, -0.15) is 5.26 Å². The van der Waals surface area contributed by atoms with Crippen LogP contribution in [-0.2, 0) is 29.2 Å². The van der Waals surface area contributed by atoms with Crippen LogP contribution in [0.4, 0.5) is 4.39 Å². The highest BCUT2D eigenvalue weighted by Gasteiger charge is 2.37. The third kappa shape index (κ3) is 6.00. The van der Waals surface area contributed by atoms with Crippen molar-refractivity contribution in [3.63, 3.8) is 0 Å². The van der Waals surface area contributed by atoms with Crippen molar-refractivity contribution in [2.75, 3.05) is 33.9 Å². The lowest BCUT2D eigenvalue weighted by molar-refractivity contribution is 0.0601. The number of likely N-dealkylation sites (tertiary alicyclic amines) is 1. The minimum Gasteiger partial charge on any atom is -0.473 e. The second-order valence-electron chi connectivity index (χ2n) is 10.9. The SMILES string of the molecule is COCCn1c(CN2CC3C=C(c4cccc(OCc5ccc(C#N)cc5F)n4)CC3C2)nc2ccc(C(=O)OC)cc21. The van der Waals surface area contributed by atoms with Crippen LogP contribution in [0.2, 0.25) is 0 Å². The van der Waals surface area contributed by atoms with Crippen LogP contribution in [0.5, 0.6) is 5.88 Å². The van der Waals surface area contributed by atoms with E-state index in [9.17, 15) is 9.18 Å². The summed E-state index contributed by atoms with van der Waals surface area (Å²) in [5.74, 6) is 1.44. The lowest BCUT2D eigenvalue weighted by Crippen LogP contribution is -2.24.